The van der Waals surface area contributed by atoms with Crippen LogP contribution in [0, 0.1) is 23.2 Å². The summed E-state index contributed by atoms with van der Waals surface area (Å²) < 4.78 is 12.0. The minimum Gasteiger partial charge on any atom is -0.462 e. The minimum absolute atomic E-state index is 0.0311. The number of fused-ring (bicyclic) bond motifs is 3. The first-order valence-corrected chi connectivity index (χ1v) is 13.3. The highest BCUT2D eigenvalue weighted by Gasteiger charge is 2.64. The summed E-state index contributed by atoms with van der Waals surface area (Å²) in [5.41, 5.74) is 0.432. The van der Waals surface area contributed by atoms with Crippen LogP contribution in [0.25, 0.3) is 0 Å². The number of carbonyl (C=O) groups excluding carboxylic acids is 1. The number of unbranched alkanes of at least 4 members (excludes halogenated alkanes) is 2. The predicted octanol–water partition coefficient (Wildman–Crippen LogP) is 4.40. The Morgan fingerprint density at radius 3 is 2.48 bits per heavy atom. The highest BCUT2D eigenvalue weighted by atomic mass is 16.6. The lowest BCUT2D eigenvalue weighted by atomic mass is 9.53. The van der Waals surface area contributed by atoms with Gasteiger partial charge in [-0.2, -0.15) is 0 Å². The molecular weight excluding hydrogens is 388 g/mol. The van der Waals surface area contributed by atoms with E-state index in [-0.39, 0.29) is 23.6 Å². The molecule has 2 saturated heterocycles. The molecule has 0 aromatic heterocycles. The van der Waals surface area contributed by atoms with Crippen LogP contribution in [0.1, 0.15) is 85.0 Å². The molecular formula is C26H46N2O3. The summed E-state index contributed by atoms with van der Waals surface area (Å²) in [6.07, 6.45) is 12.3. The standard InChI is InChI=1S/C26H46N2O3/c1-4-6-13-28(14-7-5-2)15-9-12-27-18-21-20-16-23-25(3,17-22(20)31-24(21)29)10-8-11-26(23)19-30-26/h20-23,27H,4-19H2,1-3H3/t20-,21+,22+,23-,25+,26-/m1/s1. The Hall–Kier alpha value is -0.650. The Balaban J connectivity index is 1.24. The van der Waals surface area contributed by atoms with E-state index < -0.39 is 0 Å². The van der Waals surface area contributed by atoms with E-state index in [9.17, 15) is 4.79 Å². The molecule has 178 valence electrons. The molecule has 1 N–H and O–H groups in total. The van der Waals surface area contributed by atoms with Crippen molar-refractivity contribution < 1.29 is 14.3 Å². The molecule has 0 amide bonds. The lowest BCUT2D eigenvalue weighted by Gasteiger charge is -2.51. The third kappa shape index (κ3) is 5.14. The third-order valence-electron chi connectivity index (χ3n) is 8.93. The van der Waals surface area contributed by atoms with Gasteiger partial charge in [-0.3, -0.25) is 4.79 Å². The molecule has 0 unspecified atom stereocenters. The van der Waals surface area contributed by atoms with Crippen molar-refractivity contribution in [2.75, 3.05) is 39.3 Å². The molecule has 2 heterocycles. The second-order valence-electron chi connectivity index (χ2n) is 11.2. The fraction of sp³-hybridized carbons (Fsp3) is 0.962. The van der Waals surface area contributed by atoms with Crippen LogP contribution < -0.4 is 5.32 Å². The normalized spacial score (nSPS) is 38.9. The smallest absolute Gasteiger partial charge is 0.310 e. The van der Waals surface area contributed by atoms with E-state index in [2.05, 4.69) is 31.0 Å². The Morgan fingerprint density at radius 1 is 1.10 bits per heavy atom. The Bertz CT molecular complexity index is 599. The van der Waals surface area contributed by atoms with Gasteiger partial charge in [0.05, 0.1) is 18.1 Å². The molecule has 6 atom stereocenters. The number of carbonyl (C=O) groups is 1. The molecule has 0 aromatic carbocycles. The molecule has 1 spiro atoms. The predicted molar refractivity (Wildman–Crippen MR) is 124 cm³/mol. The minimum atomic E-state index is 0.0311. The molecule has 4 aliphatic rings. The highest BCUT2D eigenvalue weighted by Crippen LogP contribution is 2.62. The molecule has 5 heteroatoms. The van der Waals surface area contributed by atoms with Crippen molar-refractivity contribution in [3.63, 3.8) is 0 Å². The second-order valence-corrected chi connectivity index (χ2v) is 11.2. The maximum atomic E-state index is 12.7. The Morgan fingerprint density at radius 2 is 1.81 bits per heavy atom. The summed E-state index contributed by atoms with van der Waals surface area (Å²) >= 11 is 0. The van der Waals surface area contributed by atoms with Crippen LogP contribution in [-0.4, -0.2) is 61.9 Å². The van der Waals surface area contributed by atoms with Crippen molar-refractivity contribution in [1.29, 1.82) is 0 Å². The SMILES string of the molecule is CCCCN(CCCC)CCCNC[C@@H]1C(=O)O[C@H]2C[C@]3(C)CCC[C@@]4(CO4)[C@@H]3C[C@@H]21. The lowest BCUT2D eigenvalue weighted by molar-refractivity contribution is -0.147. The first-order valence-electron chi connectivity index (χ1n) is 13.3. The van der Waals surface area contributed by atoms with E-state index in [1.165, 1.54) is 58.0 Å². The van der Waals surface area contributed by atoms with Crippen LogP contribution in [-0.2, 0) is 14.3 Å². The molecule has 4 rings (SSSR count). The van der Waals surface area contributed by atoms with Crippen LogP contribution in [0.5, 0.6) is 0 Å². The van der Waals surface area contributed by atoms with Gasteiger partial charge >= 0.3 is 5.97 Å². The fourth-order valence-corrected chi connectivity index (χ4v) is 6.97. The second kappa shape index (κ2) is 10.1. The van der Waals surface area contributed by atoms with Gasteiger partial charge < -0.3 is 19.7 Å². The number of esters is 1. The van der Waals surface area contributed by atoms with E-state index in [0.717, 1.165) is 45.5 Å². The van der Waals surface area contributed by atoms with E-state index in [4.69, 9.17) is 9.47 Å². The highest BCUT2D eigenvalue weighted by molar-refractivity contribution is 5.75. The summed E-state index contributed by atoms with van der Waals surface area (Å²) in [6.45, 7) is 13.3. The summed E-state index contributed by atoms with van der Waals surface area (Å²) in [5.74, 6) is 1.06. The zero-order valence-corrected chi connectivity index (χ0v) is 20.3. The topological polar surface area (TPSA) is 54.1 Å². The van der Waals surface area contributed by atoms with E-state index in [1.807, 2.05) is 0 Å². The van der Waals surface area contributed by atoms with Gasteiger partial charge in [0.2, 0.25) is 0 Å². The van der Waals surface area contributed by atoms with Crippen molar-refractivity contribution in [3.8, 4) is 0 Å². The molecule has 0 aromatic rings. The van der Waals surface area contributed by atoms with E-state index in [0.29, 0.717) is 17.3 Å². The third-order valence-corrected chi connectivity index (χ3v) is 8.93. The van der Waals surface area contributed by atoms with Gasteiger partial charge in [0.15, 0.2) is 0 Å². The van der Waals surface area contributed by atoms with Crippen LogP contribution in [0.4, 0.5) is 0 Å². The van der Waals surface area contributed by atoms with Gasteiger partial charge in [0.25, 0.3) is 0 Å². The molecule has 2 aliphatic carbocycles. The maximum Gasteiger partial charge on any atom is 0.310 e. The summed E-state index contributed by atoms with van der Waals surface area (Å²) in [7, 11) is 0. The number of nitrogens with one attached hydrogen (secondary N) is 1. The average Bonchev–Trinajstić information content (AvgIpc) is 3.45. The summed E-state index contributed by atoms with van der Waals surface area (Å²) in [5, 5.41) is 3.62. The first kappa shape index (κ1) is 23.5. The number of rotatable bonds is 12. The van der Waals surface area contributed by atoms with Crippen LogP contribution in [0.15, 0.2) is 0 Å². The fourth-order valence-electron chi connectivity index (χ4n) is 6.97. The van der Waals surface area contributed by atoms with E-state index >= 15 is 0 Å². The average molecular weight is 435 g/mol. The Labute approximate surface area is 190 Å². The zero-order chi connectivity index (χ0) is 21.9. The molecule has 5 nitrogen and oxygen atoms in total. The van der Waals surface area contributed by atoms with Crippen molar-refractivity contribution in [2.24, 2.45) is 23.2 Å². The molecule has 2 saturated carbocycles. The van der Waals surface area contributed by atoms with Crippen LogP contribution >= 0.6 is 0 Å². The van der Waals surface area contributed by atoms with Crippen molar-refractivity contribution >= 4 is 5.97 Å². The number of hydrogen-bond acceptors (Lipinski definition) is 5. The van der Waals surface area contributed by atoms with Crippen molar-refractivity contribution in [3.05, 3.63) is 0 Å². The Kier molecular flexibility index (Phi) is 7.65. The number of epoxide rings is 1. The van der Waals surface area contributed by atoms with Crippen molar-refractivity contribution in [2.45, 2.75) is 96.7 Å². The van der Waals surface area contributed by atoms with Gasteiger partial charge in [-0.05, 0) is 88.9 Å². The zero-order valence-electron chi connectivity index (χ0n) is 20.3. The molecule has 4 fully saturated rings. The van der Waals surface area contributed by atoms with Crippen molar-refractivity contribution in [1.82, 2.24) is 10.2 Å². The maximum absolute atomic E-state index is 12.7. The molecule has 2 aliphatic heterocycles. The quantitative estimate of drug-likeness (QED) is 0.280. The van der Waals surface area contributed by atoms with E-state index in [1.54, 1.807) is 0 Å². The van der Waals surface area contributed by atoms with Gasteiger partial charge in [0.1, 0.15) is 6.10 Å². The number of ether oxygens (including phenoxy) is 2. The summed E-state index contributed by atoms with van der Waals surface area (Å²) in [6, 6.07) is 0. The van der Waals surface area contributed by atoms with Gasteiger partial charge in [0, 0.05) is 12.5 Å². The number of hydrogen-bond donors (Lipinski definition) is 1. The van der Waals surface area contributed by atoms with Gasteiger partial charge in [-0.25, -0.2) is 0 Å². The molecule has 31 heavy (non-hydrogen) atoms. The van der Waals surface area contributed by atoms with Crippen LogP contribution in [0.3, 0.4) is 0 Å². The van der Waals surface area contributed by atoms with Gasteiger partial charge in [-0.1, -0.05) is 33.6 Å². The molecule has 0 radical (unpaired) electrons. The summed E-state index contributed by atoms with van der Waals surface area (Å²) in [4.78, 5) is 15.4. The van der Waals surface area contributed by atoms with Gasteiger partial charge in [-0.15, -0.1) is 0 Å². The first-order chi connectivity index (χ1) is 15.0. The lowest BCUT2D eigenvalue weighted by Crippen LogP contribution is -2.51. The van der Waals surface area contributed by atoms with Crippen LogP contribution in [0.2, 0.25) is 0 Å². The number of nitrogens with zero attached hydrogens (tertiary/aromatic N) is 1. The monoisotopic (exact) mass is 434 g/mol. The largest absolute Gasteiger partial charge is 0.462 e. The molecule has 0 bridgehead atoms.